The molecule has 0 aromatic carbocycles. The number of aromatic nitrogens is 2. The van der Waals surface area contributed by atoms with Gasteiger partial charge in [-0.2, -0.15) is 0 Å². The van der Waals surface area contributed by atoms with Crippen LogP contribution in [0.25, 0.3) is 0 Å². The molecule has 0 fully saturated rings. The number of rotatable bonds is 4. The number of hydrogen-bond acceptors (Lipinski definition) is 4. The maximum absolute atomic E-state index is 11.5. The van der Waals surface area contributed by atoms with E-state index in [2.05, 4.69) is 26.9 Å². The van der Waals surface area contributed by atoms with Gasteiger partial charge in [-0.3, -0.25) is 0 Å². The molecule has 1 aromatic heterocycles. The Morgan fingerprint density at radius 2 is 2.43 bits per heavy atom. The average molecular weight is 234 g/mol. The van der Waals surface area contributed by atoms with E-state index in [4.69, 9.17) is 5.73 Å². The van der Waals surface area contributed by atoms with Crippen molar-refractivity contribution in [2.75, 3.05) is 6.54 Å². The van der Waals surface area contributed by atoms with E-state index in [1.54, 1.807) is 6.92 Å². The van der Waals surface area contributed by atoms with Crippen LogP contribution in [0, 0.1) is 6.92 Å². The standard InChI is InChI=1S/C6H10N4O2S2/c1-4-8-3-6(10-4)14(11,12)9-2-5(7)13/h3,9H,2H2,1H3,(H2,7,13)(H,8,10). The monoisotopic (exact) mass is 234 g/mol. The van der Waals surface area contributed by atoms with E-state index in [-0.39, 0.29) is 16.6 Å². The van der Waals surface area contributed by atoms with Gasteiger partial charge in [0.05, 0.1) is 17.7 Å². The third kappa shape index (κ3) is 2.76. The van der Waals surface area contributed by atoms with Crippen LogP contribution in [0.2, 0.25) is 0 Å². The highest BCUT2D eigenvalue weighted by Gasteiger charge is 2.15. The van der Waals surface area contributed by atoms with E-state index in [1.165, 1.54) is 6.20 Å². The highest BCUT2D eigenvalue weighted by atomic mass is 32.2. The number of nitrogens with one attached hydrogen (secondary N) is 2. The molecule has 6 nitrogen and oxygen atoms in total. The summed E-state index contributed by atoms with van der Waals surface area (Å²) in [6, 6.07) is 0. The van der Waals surface area contributed by atoms with Crippen LogP contribution in [0.15, 0.2) is 11.2 Å². The third-order valence-electron chi connectivity index (χ3n) is 1.41. The van der Waals surface area contributed by atoms with Crippen molar-refractivity contribution in [2.45, 2.75) is 11.9 Å². The third-order valence-corrected chi connectivity index (χ3v) is 2.86. The largest absolute Gasteiger partial charge is 0.392 e. The number of imidazole rings is 1. The minimum Gasteiger partial charge on any atom is -0.392 e. The Hall–Kier alpha value is -0.990. The first-order chi connectivity index (χ1) is 6.42. The quantitative estimate of drug-likeness (QED) is 0.597. The molecule has 1 rings (SSSR count). The number of sulfonamides is 1. The van der Waals surface area contributed by atoms with Gasteiger partial charge in [0.2, 0.25) is 0 Å². The molecule has 0 aliphatic carbocycles. The van der Waals surface area contributed by atoms with E-state index in [1.807, 2.05) is 0 Å². The molecule has 1 aromatic rings. The first-order valence-corrected chi connectivity index (χ1v) is 5.60. The summed E-state index contributed by atoms with van der Waals surface area (Å²) < 4.78 is 25.1. The second kappa shape index (κ2) is 4.03. The van der Waals surface area contributed by atoms with Gasteiger partial charge in [0.1, 0.15) is 5.82 Å². The first kappa shape index (κ1) is 11.1. The fourth-order valence-corrected chi connectivity index (χ4v) is 1.92. The number of aryl methyl sites for hydroxylation is 1. The number of aromatic amines is 1. The number of H-pyrrole nitrogens is 1. The van der Waals surface area contributed by atoms with Crippen LogP contribution in [0.5, 0.6) is 0 Å². The molecule has 0 atom stereocenters. The Labute approximate surface area is 87.0 Å². The summed E-state index contributed by atoms with van der Waals surface area (Å²) in [4.78, 5) is 6.45. The van der Waals surface area contributed by atoms with Crippen molar-refractivity contribution in [1.29, 1.82) is 0 Å². The molecule has 4 N–H and O–H groups in total. The second-order valence-electron chi connectivity index (χ2n) is 2.62. The predicted octanol–water partition coefficient (Wildman–Crippen LogP) is -0.717. The van der Waals surface area contributed by atoms with Crippen molar-refractivity contribution in [2.24, 2.45) is 5.73 Å². The SMILES string of the molecule is Cc1ncc(S(=O)(=O)NCC(N)=S)[nH]1. The second-order valence-corrected chi connectivity index (χ2v) is 4.88. The van der Waals surface area contributed by atoms with Crippen LogP contribution in [0.3, 0.4) is 0 Å². The van der Waals surface area contributed by atoms with Crippen molar-refractivity contribution in [3.63, 3.8) is 0 Å². The Morgan fingerprint density at radius 3 is 2.86 bits per heavy atom. The molecule has 0 amide bonds. The van der Waals surface area contributed by atoms with Crippen LogP contribution in [0.4, 0.5) is 0 Å². The van der Waals surface area contributed by atoms with Crippen LogP contribution in [0.1, 0.15) is 5.82 Å². The van der Waals surface area contributed by atoms with Crippen molar-refractivity contribution < 1.29 is 8.42 Å². The summed E-state index contributed by atoms with van der Waals surface area (Å²) in [6.07, 6.45) is 1.23. The van der Waals surface area contributed by atoms with Gasteiger partial charge in [0, 0.05) is 0 Å². The molecule has 0 spiro atoms. The van der Waals surface area contributed by atoms with Gasteiger partial charge in [-0.15, -0.1) is 0 Å². The summed E-state index contributed by atoms with van der Waals surface area (Å²) in [7, 11) is -3.57. The van der Waals surface area contributed by atoms with Gasteiger partial charge in [-0.1, -0.05) is 12.2 Å². The fraction of sp³-hybridized carbons (Fsp3) is 0.333. The van der Waals surface area contributed by atoms with Crippen LogP contribution >= 0.6 is 12.2 Å². The van der Waals surface area contributed by atoms with Crippen LogP contribution < -0.4 is 10.5 Å². The lowest BCUT2D eigenvalue weighted by Crippen LogP contribution is -2.32. The van der Waals surface area contributed by atoms with Crippen molar-refractivity contribution in [3.8, 4) is 0 Å². The summed E-state index contributed by atoms with van der Waals surface area (Å²) >= 11 is 4.54. The maximum Gasteiger partial charge on any atom is 0.258 e. The number of nitrogens with zero attached hydrogens (tertiary/aromatic N) is 1. The zero-order valence-electron chi connectivity index (χ0n) is 7.44. The molecule has 0 radical (unpaired) electrons. The predicted molar refractivity (Wildman–Crippen MR) is 55.3 cm³/mol. The molecule has 14 heavy (non-hydrogen) atoms. The van der Waals surface area contributed by atoms with Gasteiger partial charge < -0.3 is 10.7 Å². The van der Waals surface area contributed by atoms with Gasteiger partial charge in [0.15, 0.2) is 5.03 Å². The number of hydrogen-bond donors (Lipinski definition) is 3. The molecular formula is C6H10N4O2S2. The van der Waals surface area contributed by atoms with Crippen molar-refractivity contribution in [1.82, 2.24) is 14.7 Å². The normalized spacial score (nSPS) is 11.5. The Morgan fingerprint density at radius 1 is 1.79 bits per heavy atom. The van der Waals surface area contributed by atoms with Gasteiger partial charge in [-0.25, -0.2) is 18.1 Å². The van der Waals surface area contributed by atoms with E-state index >= 15 is 0 Å². The lowest BCUT2D eigenvalue weighted by molar-refractivity contribution is 0.583. The summed E-state index contributed by atoms with van der Waals surface area (Å²) in [5, 5.41) is 0.00579. The molecule has 0 unspecified atom stereocenters. The molecule has 0 aliphatic heterocycles. The van der Waals surface area contributed by atoms with E-state index in [0.717, 1.165) is 0 Å². The van der Waals surface area contributed by atoms with Crippen LogP contribution in [-0.4, -0.2) is 29.9 Å². The van der Waals surface area contributed by atoms with Gasteiger partial charge in [0.25, 0.3) is 10.0 Å². The minimum absolute atomic E-state index is 0.00579. The first-order valence-electron chi connectivity index (χ1n) is 3.71. The molecule has 1 heterocycles. The Kier molecular flexibility index (Phi) is 3.19. The molecular weight excluding hydrogens is 224 g/mol. The molecule has 0 aliphatic rings. The van der Waals surface area contributed by atoms with Gasteiger partial charge >= 0.3 is 0 Å². The molecule has 0 saturated heterocycles. The molecule has 8 heteroatoms. The molecule has 78 valence electrons. The topological polar surface area (TPSA) is 101 Å². The molecule has 0 bridgehead atoms. The lowest BCUT2D eigenvalue weighted by Gasteiger charge is -2.02. The zero-order valence-corrected chi connectivity index (χ0v) is 9.08. The van der Waals surface area contributed by atoms with Crippen molar-refractivity contribution in [3.05, 3.63) is 12.0 Å². The number of nitrogens with two attached hydrogens (primary N) is 1. The summed E-state index contributed by atoms with van der Waals surface area (Å²) in [5.74, 6) is 0.528. The smallest absolute Gasteiger partial charge is 0.258 e. The molecule has 0 saturated carbocycles. The minimum atomic E-state index is -3.57. The van der Waals surface area contributed by atoms with Gasteiger partial charge in [-0.05, 0) is 6.92 Å². The van der Waals surface area contributed by atoms with E-state index in [0.29, 0.717) is 5.82 Å². The highest BCUT2D eigenvalue weighted by molar-refractivity contribution is 7.89. The van der Waals surface area contributed by atoms with E-state index < -0.39 is 10.0 Å². The maximum atomic E-state index is 11.5. The summed E-state index contributed by atoms with van der Waals surface area (Å²) in [6.45, 7) is 1.60. The van der Waals surface area contributed by atoms with Crippen molar-refractivity contribution >= 4 is 27.2 Å². The summed E-state index contributed by atoms with van der Waals surface area (Å²) in [5.41, 5.74) is 5.16. The number of thiocarbonyl (C=S) groups is 1. The van der Waals surface area contributed by atoms with Crippen LogP contribution in [-0.2, 0) is 10.0 Å². The fourth-order valence-electron chi connectivity index (χ4n) is 0.779. The Bertz CT molecular complexity index is 436. The average Bonchev–Trinajstić information content (AvgIpc) is 2.49. The van der Waals surface area contributed by atoms with E-state index in [9.17, 15) is 8.42 Å². The Balaban J connectivity index is 2.81. The highest BCUT2D eigenvalue weighted by Crippen LogP contribution is 2.03. The zero-order chi connectivity index (χ0) is 10.8. The lowest BCUT2D eigenvalue weighted by atomic mass is 10.7.